The van der Waals surface area contributed by atoms with Crippen LogP contribution in [-0.4, -0.2) is 53.4 Å². The molecule has 0 aromatic carbocycles. The first-order valence-electron chi connectivity index (χ1n) is 6.31. The van der Waals surface area contributed by atoms with E-state index in [1.54, 1.807) is 4.90 Å². The van der Waals surface area contributed by atoms with Crippen LogP contribution in [-0.2, 0) is 4.79 Å². The number of carbonyl (C=O) groups excluding carboxylic acids is 1. The lowest BCUT2D eigenvalue weighted by molar-refractivity contribution is -0.131. The molecule has 0 spiro atoms. The number of amides is 1. The lowest BCUT2D eigenvalue weighted by Crippen LogP contribution is -2.45. The lowest BCUT2D eigenvalue weighted by Gasteiger charge is -2.29. The quantitative estimate of drug-likeness (QED) is 0.721. The smallest absolute Gasteiger partial charge is 0.236 e. The molecule has 2 N–H and O–H groups in total. The zero-order valence-corrected chi connectivity index (χ0v) is 11.6. The summed E-state index contributed by atoms with van der Waals surface area (Å²) in [5, 5.41) is 0. The molecule has 1 aliphatic carbocycles. The van der Waals surface area contributed by atoms with E-state index >= 15 is 0 Å². The Hall–Kier alpha value is -0.680. The van der Waals surface area contributed by atoms with Crippen LogP contribution in [0.4, 0.5) is 0 Å². The highest BCUT2D eigenvalue weighted by atomic mass is 32.1. The molecule has 0 aromatic rings. The number of nitrogens with zero attached hydrogens (tertiary/aromatic N) is 2. The average Bonchev–Trinajstić information content (AvgIpc) is 2.79. The number of nitrogens with two attached hydrogens (primary N) is 1. The maximum absolute atomic E-state index is 11.9. The van der Waals surface area contributed by atoms with Crippen molar-refractivity contribution < 1.29 is 4.79 Å². The topological polar surface area (TPSA) is 49.6 Å². The largest absolute Gasteiger partial charge is 0.392 e. The van der Waals surface area contributed by atoms with Crippen LogP contribution in [0.5, 0.6) is 0 Å². The summed E-state index contributed by atoms with van der Waals surface area (Å²) in [5.74, 6) is 0.149. The number of carbonyl (C=O) groups is 1. The molecular weight excluding hydrogens is 234 g/mol. The number of likely N-dealkylation sites (N-methyl/N-ethyl adjacent to an activating group) is 1. The van der Waals surface area contributed by atoms with Crippen molar-refractivity contribution in [3.63, 3.8) is 0 Å². The standard InChI is InChI=1S/C12H23N3OS/c1-3-14(2)12(16)9-15(8-11(13)17)10-6-4-5-7-10/h10H,3-9H2,1-2H3,(H2,13,17). The van der Waals surface area contributed by atoms with Gasteiger partial charge >= 0.3 is 0 Å². The molecule has 0 heterocycles. The zero-order chi connectivity index (χ0) is 12.8. The molecule has 0 aliphatic heterocycles. The van der Waals surface area contributed by atoms with Crippen LogP contribution in [0.2, 0.25) is 0 Å². The summed E-state index contributed by atoms with van der Waals surface area (Å²) in [6, 6.07) is 0.478. The molecule has 0 atom stereocenters. The van der Waals surface area contributed by atoms with Crippen LogP contribution in [0, 0.1) is 0 Å². The third-order valence-electron chi connectivity index (χ3n) is 3.44. The predicted octanol–water partition coefficient (Wildman–Crippen LogP) is 0.995. The van der Waals surface area contributed by atoms with Crippen molar-refractivity contribution in [2.75, 3.05) is 26.7 Å². The van der Waals surface area contributed by atoms with E-state index in [1.807, 2.05) is 14.0 Å². The summed E-state index contributed by atoms with van der Waals surface area (Å²) in [4.78, 5) is 16.3. The van der Waals surface area contributed by atoms with Crippen LogP contribution < -0.4 is 5.73 Å². The third-order valence-corrected chi connectivity index (χ3v) is 3.57. The molecule has 1 fully saturated rings. The van der Waals surface area contributed by atoms with E-state index in [2.05, 4.69) is 4.90 Å². The van der Waals surface area contributed by atoms with Gasteiger partial charge in [0.1, 0.15) is 0 Å². The predicted molar refractivity (Wildman–Crippen MR) is 73.9 cm³/mol. The molecule has 1 rings (SSSR count). The fourth-order valence-corrected chi connectivity index (χ4v) is 2.42. The van der Waals surface area contributed by atoms with Gasteiger partial charge in [0.05, 0.1) is 11.5 Å². The molecular formula is C12H23N3OS. The maximum atomic E-state index is 11.9. The van der Waals surface area contributed by atoms with Gasteiger partial charge in [0.2, 0.25) is 5.91 Å². The van der Waals surface area contributed by atoms with Gasteiger partial charge in [-0.25, -0.2) is 0 Å². The Kier molecular flexibility index (Phi) is 5.85. The first kappa shape index (κ1) is 14.4. The molecule has 0 aromatic heterocycles. The molecule has 0 radical (unpaired) electrons. The lowest BCUT2D eigenvalue weighted by atomic mass is 10.2. The summed E-state index contributed by atoms with van der Waals surface area (Å²) in [6.45, 7) is 3.71. The van der Waals surface area contributed by atoms with E-state index in [1.165, 1.54) is 12.8 Å². The second kappa shape index (κ2) is 6.91. The molecule has 5 heteroatoms. The number of thiocarbonyl (C=S) groups is 1. The minimum Gasteiger partial charge on any atom is -0.392 e. The van der Waals surface area contributed by atoms with E-state index in [0.717, 1.165) is 19.4 Å². The summed E-state index contributed by atoms with van der Waals surface area (Å²) >= 11 is 4.97. The van der Waals surface area contributed by atoms with Crippen molar-refractivity contribution >= 4 is 23.1 Å². The van der Waals surface area contributed by atoms with Gasteiger partial charge in [-0.2, -0.15) is 0 Å². The van der Waals surface area contributed by atoms with Crippen molar-refractivity contribution in [1.29, 1.82) is 0 Å². The van der Waals surface area contributed by atoms with Gasteiger partial charge < -0.3 is 10.6 Å². The van der Waals surface area contributed by atoms with E-state index < -0.39 is 0 Å². The van der Waals surface area contributed by atoms with Gasteiger partial charge in [0.25, 0.3) is 0 Å². The molecule has 0 bridgehead atoms. The molecule has 0 unspecified atom stereocenters. The monoisotopic (exact) mass is 257 g/mol. The Balaban J connectivity index is 2.56. The fourth-order valence-electron chi connectivity index (χ4n) is 2.25. The Morgan fingerprint density at radius 2 is 1.94 bits per heavy atom. The fraction of sp³-hybridized carbons (Fsp3) is 0.833. The van der Waals surface area contributed by atoms with Gasteiger partial charge in [-0.05, 0) is 19.8 Å². The molecule has 1 saturated carbocycles. The van der Waals surface area contributed by atoms with Crippen LogP contribution in [0.1, 0.15) is 32.6 Å². The van der Waals surface area contributed by atoms with Crippen molar-refractivity contribution in [3.8, 4) is 0 Å². The van der Waals surface area contributed by atoms with Crippen LogP contribution in [0.15, 0.2) is 0 Å². The summed E-state index contributed by atoms with van der Waals surface area (Å²) in [5.41, 5.74) is 5.61. The Morgan fingerprint density at radius 1 is 1.35 bits per heavy atom. The van der Waals surface area contributed by atoms with E-state index in [0.29, 0.717) is 24.1 Å². The number of rotatable bonds is 6. The van der Waals surface area contributed by atoms with Crippen molar-refractivity contribution in [2.45, 2.75) is 38.6 Å². The first-order valence-corrected chi connectivity index (χ1v) is 6.71. The first-order chi connectivity index (χ1) is 8.04. The van der Waals surface area contributed by atoms with Crippen molar-refractivity contribution in [1.82, 2.24) is 9.80 Å². The van der Waals surface area contributed by atoms with Crippen LogP contribution in [0.3, 0.4) is 0 Å². The number of hydrogen-bond donors (Lipinski definition) is 1. The van der Waals surface area contributed by atoms with Crippen LogP contribution in [0.25, 0.3) is 0 Å². The average molecular weight is 257 g/mol. The third kappa shape index (κ3) is 4.60. The molecule has 4 nitrogen and oxygen atoms in total. The summed E-state index contributed by atoms with van der Waals surface area (Å²) < 4.78 is 0. The molecule has 98 valence electrons. The Labute approximate surface area is 109 Å². The normalized spacial score (nSPS) is 16.4. The van der Waals surface area contributed by atoms with Gasteiger partial charge in [-0.15, -0.1) is 0 Å². The highest BCUT2D eigenvalue weighted by Crippen LogP contribution is 2.23. The van der Waals surface area contributed by atoms with E-state index in [4.69, 9.17) is 18.0 Å². The highest BCUT2D eigenvalue weighted by Gasteiger charge is 2.25. The minimum atomic E-state index is 0.149. The summed E-state index contributed by atoms with van der Waals surface area (Å²) in [7, 11) is 1.83. The van der Waals surface area contributed by atoms with Gasteiger partial charge in [0, 0.05) is 26.2 Å². The SMILES string of the molecule is CCN(C)C(=O)CN(CC(N)=S)C1CCCC1. The molecule has 1 amide bonds. The Morgan fingerprint density at radius 3 is 2.41 bits per heavy atom. The van der Waals surface area contributed by atoms with Gasteiger partial charge in [-0.3, -0.25) is 9.69 Å². The highest BCUT2D eigenvalue weighted by molar-refractivity contribution is 7.80. The van der Waals surface area contributed by atoms with Crippen molar-refractivity contribution in [2.24, 2.45) is 5.73 Å². The van der Waals surface area contributed by atoms with Gasteiger partial charge in [0.15, 0.2) is 0 Å². The minimum absolute atomic E-state index is 0.149. The summed E-state index contributed by atoms with van der Waals surface area (Å²) in [6.07, 6.45) is 4.81. The molecule has 0 saturated heterocycles. The van der Waals surface area contributed by atoms with E-state index in [-0.39, 0.29) is 5.91 Å². The van der Waals surface area contributed by atoms with E-state index in [9.17, 15) is 4.79 Å². The molecule has 17 heavy (non-hydrogen) atoms. The van der Waals surface area contributed by atoms with Crippen molar-refractivity contribution in [3.05, 3.63) is 0 Å². The molecule has 1 aliphatic rings. The number of hydrogen-bond acceptors (Lipinski definition) is 3. The van der Waals surface area contributed by atoms with Crippen LogP contribution >= 0.6 is 12.2 Å². The Bertz CT molecular complexity index is 277. The van der Waals surface area contributed by atoms with Gasteiger partial charge in [-0.1, -0.05) is 25.1 Å². The zero-order valence-electron chi connectivity index (χ0n) is 10.8. The maximum Gasteiger partial charge on any atom is 0.236 e. The second-order valence-electron chi connectivity index (χ2n) is 4.72. The second-order valence-corrected chi connectivity index (χ2v) is 5.24.